The molecule has 0 unspecified atom stereocenters. The van der Waals surface area contributed by atoms with Crippen LogP contribution in [0.5, 0.6) is 0 Å². The zero-order valence-electron chi connectivity index (χ0n) is 15.1. The minimum atomic E-state index is -0.314. The first kappa shape index (κ1) is 17.8. The largest absolute Gasteiger partial charge is 0.453 e. The van der Waals surface area contributed by atoms with Crippen LogP contribution >= 0.6 is 0 Å². The highest BCUT2D eigenvalue weighted by Crippen LogP contribution is 2.32. The molecule has 1 saturated carbocycles. The van der Waals surface area contributed by atoms with Gasteiger partial charge in [-0.3, -0.25) is 4.79 Å². The van der Waals surface area contributed by atoms with Crippen LogP contribution in [0.3, 0.4) is 0 Å². The van der Waals surface area contributed by atoms with E-state index in [-0.39, 0.29) is 12.0 Å². The fraction of sp³-hybridized carbons (Fsp3) is 0.600. The fourth-order valence-corrected chi connectivity index (χ4v) is 3.95. The van der Waals surface area contributed by atoms with Crippen molar-refractivity contribution in [2.24, 2.45) is 0 Å². The maximum Gasteiger partial charge on any atom is 0.409 e. The zero-order valence-corrected chi connectivity index (χ0v) is 15.1. The summed E-state index contributed by atoms with van der Waals surface area (Å²) in [5, 5.41) is 0. The van der Waals surface area contributed by atoms with Crippen LogP contribution in [0.1, 0.15) is 60.4 Å². The Hall–Kier alpha value is -2.04. The average Bonchev–Trinajstić information content (AvgIpc) is 2.94. The Morgan fingerprint density at radius 3 is 2.20 bits per heavy atom. The molecule has 0 radical (unpaired) electrons. The number of rotatable bonds is 2. The molecule has 5 heteroatoms. The maximum absolute atomic E-state index is 12.8. The van der Waals surface area contributed by atoms with Gasteiger partial charge >= 0.3 is 6.09 Å². The van der Waals surface area contributed by atoms with Crippen molar-refractivity contribution in [1.82, 2.24) is 9.80 Å². The lowest BCUT2D eigenvalue weighted by Crippen LogP contribution is -2.37. The monoisotopic (exact) mass is 344 g/mol. The van der Waals surface area contributed by atoms with Crippen molar-refractivity contribution in [3.8, 4) is 0 Å². The number of benzene rings is 1. The standard InChI is InChI=1S/C20H28N2O3/c1-25-20(24)22-13-5-12-21(14-15-22)19(23)18-10-8-17(9-11-18)16-6-3-2-4-7-16/h8-11,16H,2-7,12-15H2,1H3. The molecule has 136 valence electrons. The molecule has 0 atom stereocenters. The molecule has 1 aromatic carbocycles. The van der Waals surface area contributed by atoms with E-state index in [1.807, 2.05) is 17.0 Å². The van der Waals surface area contributed by atoms with Crippen molar-refractivity contribution in [3.63, 3.8) is 0 Å². The molecule has 0 bridgehead atoms. The van der Waals surface area contributed by atoms with E-state index in [4.69, 9.17) is 4.74 Å². The normalized spacial score (nSPS) is 19.4. The number of hydrogen-bond acceptors (Lipinski definition) is 3. The first-order valence-electron chi connectivity index (χ1n) is 9.41. The number of methoxy groups -OCH3 is 1. The molecule has 0 spiro atoms. The number of carbonyl (C=O) groups excluding carboxylic acids is 2. The summed E-state index contributed by atoms with van der Waals surface area (Å²) in [7, 11) is 1.39. The van der Waals surface area contributed by atoms with E-state index < -0.39 is 0 Å². The van der Waals surface area contributed by atoms with Crippen LogP contribution in [0, 0.1) is 0 Å². The van der Waals surface area contributed by atoms with Gasteiger partial charge in [-0.05, 0) is 42.9 Å². The molecule has 25 heavy (non-hydrogen) atoms. The van der Waals surface area contributed by atoms with Crippen LogP contribution in [0.15, 0.2) is 24.3 Å². The lowest BCUT2D eigenvalue weighted by Gasteiger charge is -2.23. The Morgan fingerprint density at radius 1 is 0.880 bits per heavy atom. The van der Waals surface area contributed by atoms with Crippen LogP contribution in [0.25, 0.3) is 0 Å². The second kappa shape index (κ2) is 8.37. The lowest BCUT2D eigenvalue weighted by atomic mass is 9.84. The summed E-state index contributed by atoms with van der Waals surface area (Å²) in [6.45, 7) is 2.39. The summed E-state index contributed by atoms with van der Waals surface area (Å²) in [4.78, 5) is 27.9. The minimum absolute atomic E-state index is 0.0573. The summed E-state index contributed by atoms with van der Waals surface area (Å²) in [5.41, 5.74) is 2.11. The Kier molecular flexibility index (Phi) is 5.95. The SMILES string of the molecule is COC(=O)N1CCCN(C(=O)c2ccc(C3CCCCC3)cc2)CC1. The van der Waals surface area contributed by atoms with Crippen molar-refractivity contribution in [1.29, 1.82) is 0 Å². The number of nitrogens with zero attached hydrogens (tertiary/aromatic N) is 2. The molecule has 3 rings (SSSR count). The van der Waals surface area contributed by atoms with E-state index in [2.05, 4.69) is 12.1 Å². The van der Waals surface area contributed by atoms with Crippen molar-refractivity contribution in [2.75, 3.05) is 33.3 Å². The molecule has 1 aromatic rings. The summed E-state index contributed by atoms with van der Waals surface area (Å²) in [6, 6.07) is 8.19. The van der Waals surface area contributed by atoms with Crippen LogP contribution < -0.4 is 0 Å². The Balaban J connectivity index is 1.61. The topological polar surface area (TPSA) is 49.9 Å². The lowest BCUT2D eigenvalue weighted by molar-refractivity contribution is 0.0757. The maximum atomic E-state index is 12.8. The predicted octanol–water partition coefficient (Wildman–Crippen LogP) is 3.65. The van der Waals surface area contributed by atoms with Crippen LogP contribution in [0.2, 0.25) is 0 Å². The van der Waals surface area contributed by atoms with Gasteiger partial charge in [0.2, 0.25) is 0 Å². The molecule has 2 amide bonds. The van der Waals surface area contributed by atoms with E-state index in [9.17, 15) is 9.59 Å². The van der Waals surface area contributed by atoms with Gasteiger partial charge in [-0.15, -0.1) is 0 Å². The molecule has 1 aliphatic heterocycles. The van der Waals surface area contributed by atoms with Crippen LogP contribution in [-0.2, 0) is 4.74 Å². The van der Waals surface area contributed by atoms with Gasteiger partial charge < -0.3 is 14.5 Å². The second-order valence-corrected chi connectivity index (χ2v) is 7.06. The third-order valence-corrected chi connectivity index (χ3v) is 5.45. The van der Waals surface area contributed by atoms with E-state index >= 15 is 0 Å². The Morgan fingerprint density at radius 2 is 1.52 bits per heavy atom. The molecule has 5 nitrogen and oxygen atoms in total. The highest BCUT2D eigenvalue weighted by atomic mass is 16.5. The molecule has 0 N–H and O–H groups in total. The summed E-state index contributed by atoms with van der Waals surface area (Å²) < 4.78 is 4.78. The van der Waals surface area contributed by atoms with Gasteiger partial charge in [-0.25, -0.2) is 4.79 Å². The van der Waals surface area contributed by atoms with Gasteiger partial charge in [-0.1, -0.05) is 31.4 Å². The van der Waals surface area contributed by atoms with Gasteiger partial charge in [-0.2, -0.15) is 0 Å². The molecule has 1 saturated heterocycles. The number of amides is 2. The van der Waals surface area contributed by atoms with Gasteiger partial charge in [0, 0.05) is 31.7 Å². The predicted molar refractivity (Wildman–Crippen MR) is 96.8 cm³/mol. The van der Waals surface area contributed by atoms with Gasteiger partial charge in [0.25, 0.3) is 5.91 Å². The van der Waals surface area contributed by atoms with Gasteiger partial charge in [0.15, 0.2) is 0 Å². The van der Waals surface area contributed by atoms with Crippen molar-refractivity contribution in [3.05, 3.63) is 35.4 Å². The number of ether oxygens (including phenoxy) is 1. The third kappa shape index (κ3) is 4.33. The Bertz CT molecular complexity index is 593. The fourth-order valence-electron chi connectivity index (χ4n) is 3.95. The van der Waals surface area contributed by atoms with Crippen molar-refractivity contribution in [2.45, 2.75) is 44.4 Å². The number of carbonyl (C=O) groups is 2. The van der Waals surface area contributed by atoms with Gasteiger partial charge in [0.05, 0.1) is 7.11 Å². The first-order valence-corrected chi connectivity index (χ1v) is 9.41. The highest BCUT2D eigenvalue weighted by molar-refractivity contribution is 5.94. The first-order chi connectivity index (χ1) is 12.2. The molecule has 2 fully saturated rings. The average molecular weight is 344 g/mol. The smallest absolute Gasteiger partial charge is 0.409 e. The van der Waals surface area contributed by atoms with E-state index in [0.29, 0.717) is 32.1 Å². The zero-order chi connectivity index (χ0) is 17.6. The molecule has 2 aliphatic rings. The van der Waals surface area contributed by atoms with E-state index in [0.717, 1.165) is 12.0 Å². The summed E-state index contributed by atoms with van der Waals surface area (Å²) in [6.07, 6.45) is 6.98. The van der Waals surface area contributed by atoms with Gasteiger partial charge in [0.1, 0.15) is 0 Å². The van der Waals surface area contributed by atoms with Crippen molar-refractivity contribution >= 4 is 12.0 Å². The molecule has 1 heterocycles. The molecule has 0 aromatic heterocycles. The van der Waals surface area contributed by atoms with Crippen LogP contribution in [-0.4, -0.2) is 55.1 Å². The molecular weight excluding hydrogens is 316 g/mol. The van der Waals surface area contributed by atoms with Crippen LogP contribution in [0.4, 0.5) is 4.79 Å². The summed E-state index contributed by atoms with van der Waals surface area (Å²) in [5.74, 6) is 0.714. The molecular formula is C20H28N2O3. The minimum Gasteiger partial charge on any atom is -0.453 e. The third-order valence-electron chi connectivity index (χ3n) is 5.45. The Labute approximate surface area is 149 Å². The number of hydrogen-bond donors (Lipinski definition) is 0. The quantitative estimate of drug-likeness (QED) is 0.823. The highest BCUT2D eigenvalue weighted by Gasteiger charge is 2.23. The van der Waals surface area contributed by atoms with Crippen molar-refractivity contribution < 1.29 is 14.3 Å². The summed E-state index contributed by atoms with van der Waals surface area (Å²) >= 11 is 0. The van der Waals surface area contributed by atoms with E-state index in [1.165, 1.54) is 44.8 Å². The molecule has 1 aliphatic carbocycles. The second-order valence-electron chi connectivity index (χ2n) is 7.06. The van der Waals surface area contributed by atoms with E-state index in [1.54, 1.807) is 4.90 Å².